The maximum absolute atomic E-state index is 12.9. The Bertz CT molecular complexity index is 532. The Labute approximate surface area is 119 Å². The van der Waals surface area contributed by atoms with Crippen molar-refractivity contribution in [3.05, 3.63) is 65.5 Å². The van der Waals surface area contributed by atoms with Crippen molar-refractivity contribution in [3.63, 3.8) is 0 Å². The van der Waals surface area contributed by atoms with Gasteiger partial charge in [-0.25, -0.2) is 4.39 Å². The van der Waals surface area contributed by atoms with Crippen LogP contribution in [0.3, 0.4) is 0 Å². The number of rotatable bonds is 5. The Hall–Kier alpha value is -1.87. The first kappa shape index (κ1) is 14.5. The number of nitrogens with two attached hydrogens (primary N) is 1. The lowest BCUT2D eigenvalue weighted by atomic mass is 9.99. The Balaban J connectivity index is 2.13. The van der Waals surface area contributed by atoms with Gasteiger partial charge < -0.3 is 11.1 Å². The van der Waals surface area contributed by atoms with Gasteiger partial charge in [-0.2, -0.15) is 0 Å². The minimum Gasteiger partial charge on any atom is -0.377 e. The van der Waals surface area contributed by atoms with Crippen molar-refractivity contribution in [1.29, 1.82) is 0 Å². The summed E-state index contributed by atoms with van der Waals surface area (Å²) in [5.74, 6) is 0.284. The number of hydrogen-bond donors (Lipinski definition) is 2. The van der Waals surface area contributed by atoms with Gasteiger partial charge in [0, 0.05) is 12.2 Å². The third-order valence-electron chi connectivity index (χ3n) is 3.43. The van der Waals surface area contributed by atoms with Crippen molar-refractivity contribution < 1.29 is 4.39 Å². The lowest BCUT2D eigenvalue weighted by Gasteiger charge is -2.19. The third-order valence-corrected chi connectivity index (χ3v) is 3.43. The van der Waals surface area contributed by atoms with Gasteiger partial charge in [-0.3, -0.25) is 0 Å². The first-order chi connectivity index (χ1) is 9.60. The van der Waals surface area contributed by atoms with E-state index in [9.17, 15) is 4.39 Å². The molecule has 20 heavy (non-hydrogen) atoms. The minimum atomic E-state index is -0.235. The zero-order chi connectivity index (χ0) is 14.5. The fourth-order valence-corrected chi connectivity index (χ4v) is 2.14. The van der Waals surface area contributed by atoms with Crippen LogP contribution < -0.4 is 11.1 Å². The molecule has 3 N–H and O–H groups in total. The van der Waals surface area contributed by atoms with Crippen LogP contribution in [0.5, 0.6) is 0 Å². The van der Waals surface area contributed by atoms with Gasteiger partial charge in [0.15, 0.2) is 0 Å². The molecule has 2 rings (SSSR count). The molecule has 0 amide bonds. The summed E-state index contributed by atoms with van der Waals surface area (Å²) in [6, 6.07) is 14.8. The SMILES string of the molecule is CC(C)c1ccc(C(CN)Nc2ccc(F)cc2)cc1. The Morgan fingerprint density at radius 2 is 1.50 bits per heavy atom. The Kier molecular flexibility index (Phi) is 4.74. The van der Waals surface area contributed by atoms with Gasteiger partial charge in [-0.05, 0) is 41.3 Å². The number of benzene rings is 2. The molecule has 2 aromatic carbocycles. The lowest BCUT2D eigenvalue weighted by molar-refractivity contribution is 0.628. The monoisotopic (exact) mass is 272 g/mol. The van der Waals surface area contributed by atoms with Crippen molar-refractivity contribution in [2.75, 3.05) is 11.9 Å². The largest absolute Gasteiger partial charge is 0.377 e. The summed E-state index contributed by atoms with van der Waals surface area (Å²) < 4.78 is 12.9. The zero-order valence-electron chi connectivity index (χ0n) is 11.9. The van der Waals surface area contributed by atoms with Crippen LogP contribution in [0, 0.1) is 5.82 Å². The molecule has 0 aromatic heterocycles. The number of halogens is 1. The molecule has 0 aliphatic carbocycles. The van der Waals surface area contributed by atoms with Gasteiger partial charge in [0.1, 0.15) is 5.82 Å². The van der Waals surface area contributed by atoms with E-state index in [1.807, 2.05) is 0 Å². The van der Waals surface area contributed by atoms with Crippen molar-refractivity contribution in [2.45, 2.75) is 25.8 Å². The smallest absolute Gasteiger partial charge is 0.123 e. The summed E-state index contributed by atoms with van der Waals surface area (Å²) in [6.07, 6.45) is 0. The third kappa shape index (κ3) is 3.58. The van der Waals surface area contributed by atoms with Crippen LogP contribution in [0.4, 0.5) is 10.1 Å². The quantitative estimate of drug-likeness (QED) is 0.861. The Morgan fingerprint density at radius 1 is 0.950 bits per heavy atom. The summed E-state index contributed by atoms with van der Waals surface area (Å²) >= 11 is 0. The van der Waals surface area contributed by atoms with Crippen molar-refractivity contribution in [1.82, 2.24) is 0 Å². The molecule has 0 fully saturated rings. The highest BCUT2D eigenvalue weighted by Crippen LogP contribution is 2.22. The predicted octanol–water partition coefficient (Wildman–Crippen LogP) is 4.06. The molecule has 3 heteroatoms. The molecule has 0 radical (unpaired) electrons. The van der Waals surface area contributed by atoms with Crippen LogP contribution in [0.2, 0.25) is 0 Å². The van der Waals surface area contributed by atoms with E-state index >= 15 is 0 Å². The summed E-state index contributed by atoms with van der Waals surface area (Å²) in [6.45, 7) is 4.83. The first-order valence-corrected chi connectivity index (χ1v) is 6.92. The van der Waals surface area contributed by atoms with Crippen LogP contribution in [-0.4, -0.2) is 6.54 Å². The molecule has 0 bridgehead atoms. The molecule has 1 unspecified atom stereocenters. The van der Waals surface area contributed by atoms with E-state index in [2.05, 4.69) is 43.4 Å². The molecule has 0 saturated carbocycles. The summed E-state index contributed by atoms with van der Waals surface area (Å²) in [4.78, 5) is 0. The molecule has 2 nitrogen and oxygen atoms in total. The fraction of sp³-hybridized carbons (Fsp3) is 0.294. The number of nitrogens with one attached hydrogen (secondary N) is 1. The van der Waals surface area contributed by atoms with Gasteiger partial charge >= 0.3 is 0 Å². The molecule has 1 atom stereocenters. The second-order valence-corrected chi connectivity index (χ2v) is 5.26. The standard InChI is InChI=1S/C17H21FN2/c1-12(2)13-3-5-14(6-4-13)17(11-19)20-16-9-7-15(18)8-10-16/h3-10,12,17,20H,11,19H2,1-2H3. The van der Waals surface area contributed by atoms with Gasteiger partial charge in [-0.1, -0.05) is 38.1 Å². The van der Waals surface area contributed by atoms with Crippen molar-refractivity contribution in [3.8, 4) is 0 Å². The molecular weight excluding hydrogens is 251 g/mol. The highest BCUT2D eigenvalue weighted by atomic mass is 19.1. The van der Waals surface area contributed by atoms with Gasteiger partial charge in [0.05, 0.1) is 6.04 Å². The number of anilines is 1. The van der Waals surface area contributed by atoms with E-state index in [4.69, 9.17) is 5.73 Å². The summed E-state index contributed by atoms with van der Waals surface area (Å²) in [5, 5.41) is 3.33. The van der Waals surface area contributed by atoms with Crippen LogP contribution in [0.15, 0.2) is 48.5 Å². The lowest BCUT2D eigenvalue weighted by Crippen LogP contribution is -2.20. The second-order valence-electron chi connectivity index (χ2n) is 5.26. The zero-order valence-corrected chi connectivity index (χ0v) is 11.9. The van der Waals surface area contributed by atoms with Crippen LogP contribution >= 0.6 is 0 Å². The maximum Gasteiger partial charge on any atom is 0.123 e. The van der Waals surface area contributed by atoms with Crippen LogP contribution in [0.25, 0.3) is 0 Å². The molecular formula is C17H21FN2. The Morgan fingerprint density at radius 3 is 2.00 bits per heavy atom. The summed E-state index contributed by atoms with van der Waals surface area (Å²) in [7, 11) is 0. The molecule has 0 aliphatic heterocycles. The van der Waals surface area contributed by atoms with Crippen LogP contribution in [-0.2, 0) is 0 Å². The molecule has 0 saturated heterocycles. The van der Waals surface area contributed by atoms with E-state index in [1.165, 1.54) is 17.7 Å². The highest BCUT2D eigenvalue weighted by Gasteiger charge is 2.10. The van der Waals surface area contributed by atoms with Gasteiger partial charge in [0.25, 0.3) is 0 Å². The van der Waals surface area contributed by atoms with Gasteiger partial charge in [0.2, 0.25) is 0 Å². The molecule has 0 aliphatic rings. The average molecular weight is 272 g/mol. The van der Waals surface area contributed by atoms with E-state index in [0.717, 1.165) is 11.3 Å². The second kappa shape index (κ2) is 6.53. The molecule has 106 valence electrons. The molecule has 0 heterocycles. The van der Waals surface area contributed by atoms with Gasteiger partial charge in [-0.15, -0.1) is 0 Å². The normalized spacial score (nSPS) is 12.4. The minimum absolute atomic E-state index is 0.0293. The maximum atomic E-state index is 12.9. The molecule has 2 aromatic rings. The first-order valence-electron chi connectivity index (χ1n) is 6.92. The van der Waals surface area contributed by atoms with E-state index in [1.54, 1.807) is 12.1 Å². The fourth-order valence-electron chi connectivity index (χ4n) is 2.14. The van der Waals surface area contributed by atoms with Crippen molar-refractivity contribution >= 4 is 5.69 Å². The van der Waals surface area contributed by atoms with E-state index < -0.39 is 0 Å². The summed E-state index contributed by atoms with van der Waals surface area (Å²) in [5.41, 5.74) is 9.17. The highest BCUT2D eigenvalue weighted by molar-refractivity contribution is 5.46. The van der Waals surface area contributed by atoms with Crippen molar-refractivity contribution in [2.24, 2.45) is 5.73 Å². The number of hydrogen-bond acceptors (Lipinski definition) is 2. The van der Waals surface area contributed by atoms with E-state index in [-0.39, 0.29) is 11.9 Å². The molecule has 0 spiro atoms. The van der Waals surface area contributed by atoms with Crippen LogP contribution in [0.1, 0.15) is 36.9 Å². The topological polar surface area (TPSA) is 38.0 Å². The average Bonchev–Trinajstić information content (AvgIpc) is 2.47. The predicted molar refractivity (Wildman–Crippen MR) is 82.3 cm³/mol. The van der Waals surface area contributed by atoms with E-state index in [0.29, 0.717) is 12.5 Å².